The Morgan fingerprint density at radius 3 is 2.35 bits per heavy atom. The minimum Gasteiger partial charge on any atom is -0.464 e. The fraction of sp³-hybridized carbons (Fsp3) is 0. The van der Waals surface area contributed by atoms with E-state index in [0.29, 0.717) is 22.5 Å². The molecule has 0 aliphatic carbocycles. The molecule has 0 amide bonds. The minimum absolute atomic E-state index is 0.0343. The molecule has 0 saturated heterocycles. The van der Waals surface area contributed by atoms with Crippen molar-refractivity contribution in [2.75, 3.05) is 0 Å². The molecular formula is C12H12N4O. The Balaban J connectivity index is 2.64. The van der Waals surface area contributed by atoms with Gasteiger partial charge >= 0.3 is 0 Å². The zero-order valence-electron chi connectivity index (χ0n) is 9.03. The SMILES string of the molecule is N=C(N)c1ccc(C(=N)N)c(-c2ccco2)c1. The standard InChI is InChI=1S/C12H12N4O/c13-11(14)7-3-4-8(12(15)16)9(6-7)10-2-1-5-17-10/h1-6H,(H3,13,14)(H3,15,16). The second-order valence-electron chi connectivity index (χ2n) is 3.57. The molecule has 86 valence electrons. The van der Waals surface area contributed by atoms with Gasteiger partial charge in [0.2, 0.25) is 0 Å². The average molecular weight is 228 g/mol. The van der Waals surface area contributed by atoms with Gasteiger partial charge in [0.1, 0.15) is 17.4 Å². The topological polar surface area (TPSA) is 113 Å². The van der Waals surface area contributed by atoms with E-state index in [9.17, 15) is 0 Å². The molecule has 0 radical (unpaired) electrons. The number of amidine groups is 2. The van der Waals surface area contributed by atoms with Crippen molar-refractivity contribution in [3.8, 4) is 11.3 Å². The predicted molar refractivity (Wildman–Crippen MR) is 66.2 cm³/mol. The van der Waals surface area contributed by atoms with E-state index in [-0.39, 0.29) is 11.7 Å². The Bertz CT molecular complexity index is 572. The van der Waals surface area contributed by atoms with E-state index in [0.717, 1.165) is 0 Å². The summed E-state index contributed by atoms with van der Waals surface area (Å²) in [5, 5.41) is 14.9. The Morgan fingerprint density at radius 2 is 1.82 bits per heavy atom. The van der Waals surface area contributed by atoms with E-state index >= 15 is 0 Å². The highest BCUT2D eigenvalue weighted by atomic mass is 16.3. The highest BCUT2D eigenvalue weighted by Gasteiger charge is 2.11. The van der Waals surface area contributed by atoms with Crippen molar-refractivity contribution >= 4 is 11.7 Å². The summed E-state index contributed by atoms with van der Waals surface area (Å²) in [6.45, 7) is 0. The second-order valence-corrected chi connectivity index (χ2v) is 3.57. The summed E-state index contributed by atoms with van der Waals surface area (Å²) in [6.07, 6.45) is 1.54. The van der Waals surface area contributed by atoms with Crippen LogP contribution in [0.25, 0.3) is 11.3 Å². The third-order valence-corrected chi connectivity index (χ3v) is 2.41. The van der Waals surface area contributed by atoms with E-state index in [1.807, 2.05) is 0 Å². The number of hydrogen-bond donors (Lipinski definition) is 4. The molecule has 0 unspecified atom stereocenters. The van der Waals surface area contributed by atoms with Crippen molar-refractivity contribution in [2.24, 2.45) is 11.5 Å². The van der Waals surface area contributed by atoms with Gasteiger partial charge in [-0.05, 0) is 24.3 Å². The van der Waals surface area contributed by atoms with Crippen molar-refractivity contribution in [3.63, 3.8) is 0 Å². The monoisotopic (exact) mass is 228 g/mol. The molecule has 5 nitrogen and oxygen atoms in total. The smallest absolute Gasteiger partial charge is 0.134 e. The first-order chi connectivity index (χ1) is 8.09. The van der Waals surface area contributed by atoms with Crippen LogP contribution in [0.3, 0.4) is 0 Å². The molecule has 5 heteroatoms. The number of nitrogens with two attached hydrogens (primary N) is 2. The molecule has 1 heterocycles. The van der Waals surface area contributed by atoms with Crippen LogP contribution in [0.5, 0.6) is 0 Å². The Morgan fingerprint density at radius 1 is 1.06 bits per heavy atom. The summed E-state index contributed by atoms with van der Waals surface area (Å²) in [6, 6.07) is 8.53. The van der Waals surface area contributed by atoms with E-state index in [2.05, 4.69) is 0 Å². The van der Waals surface area contributed by atoms with Gasteiger partial charge < -0.3 is 15.9 Å². The van der Waals surface area contributed by atoms with Crippen molar-refractivity contribution in [3.05, 3.63) is 47.7 Å². The van der Waals surface area contributed by atoms with Gasteiger partial charge in [0.05, 0.1) is 6.26 Å². The van der Waals surface area contributed by atoms with Gasteiger partial charge in [-0.3, -0.25) is 10.8 Å². The molecule has 0 fully saturated rings. The molecule has 1 aromatic carbocycles. The highest BCUT2D eigenvalue weighted by molar-refractivity contribution is 6.03. The lowest BCUT2D eigenvalue weighted by molar-refractivity contribution is 0.582. The molecule has 2 aromatic rings. The molecule has 6 N–H and O–H groups in total. The van der Waals surface area contributed by atoms with Gasteiger partial charge in [0, 0.05) is 16.7 Å². The number of rotatable bonds is 3. The van der Waals surface area contributed by atoms with Gasteiger partial charge in [0.15, 0.2) is 0 Å². The summed E-state index contributed by atoms with van der Waals surface area (Å²) >= 11 is 0. The molecule has 0 aliphatic rings. The van der Waals surface area contributed by atoms with Crippen LogP contribution in [0, 0.1) is 10.8 Å². The van der Waals surface area contributed by atoms with Crippen LogP contribution >= 0.6 is 0 Å². The van der Waals surface area contributed by atoms with Crippen LogP contribution < -0.4 is 11.5 Å². The van der Waals surface area contributed by atoms with Crippen LogP contribution in [0.15, 0.2) is 41.0 Å². The molecular weight excluding hydrogens is 216 g/mol. The normalized spacial score (nSPS) is 10.1. The summed E-state index contributed by atoms with van der Waals surface area (Å²) < 4.78 is 5.28. The highest BCUT2D eigenvalue weighted by Crippen LogP contribution is 2.25. The van der Waals surface area contributed by atoms with E-state index in [1.165, 1.54) is 0 Å². The van der Waals surface area contributed by atoms with Gasteiger partial charge in [-0.1, -0.05) is 6.07 Å². The molecule has 0 aliphatic heterocycles. The third-order valence-electron chi connectivity index (χ3n) is 2.41. The first-order valence-electron chi connectivity index (χ1n) is 4.96. The zero-order chi connectivity index (χ0) is 12.4. The third kappa shape index (κ3) is 2.03. The second kappa shape index (κ2) is 4.13. The number of nitrogen functional groups attached to an aromatic ring is 2. The lowest BCUT2D eigenvalue weighted by Gasteiger charge is -2.08. The maximum Gasteiger partial charge on any atom is 0.134 e. The van der Waals surface area contributed by atoms with Gasteiger partial charge in [-0.25, -0.2) is 0 Å². The minimum atomic E-state index is -0.0495. The molecule has 0 atom stereocenters. The van der Waals surface area contributed by atoms with Crippen molar-refractivity contribution in [1.82, 2.24) is 0 Å². The van der Waals surface area contributed by atoms with Gasteiger partial charge in [-0.2, -0.15) is 0 Å². The van der Waals surface area contributed by atoms with Crippen LogP contribution in [0.4, 0.5) is 0 Å². The molecule has 0 spiro atoms. The molecule has 0 saturated carbocycles. The van der Waals surface area contributed by atoms with Crippen LogP contribution in [0.2, 0.25) is 0 Å². The van der Waals surface area contributed by atoms with Crippen molar-refractivity contribution in [1.29, 1.82) is 10.8 Å². The van der Waals surface area contributed by atoms with E-state index < -0.39 is 0 Å². The lowest BCUT2D eigenvalue weighted by atomic mass is 10.0. The molecule has 1 aromatic heterocycles. The summed E-state index contributed by atoms with van der Waals surface area (Å²) in [4.78, 5) is 0. The summed E-state index contributed by atoms with van der Waals surface area (Å²) in [7, 11) is 0. The van der Waals surface area contributed by atoms with E-state index in [4.69, 9.17) is 26.7 Å². The Labute approximate surface area is 98.1 Å². The molecule has 2 rings (SSSR count). The molecule has 17 heavy (non-hydrogen) atoms. The Hall–Kier alpha value is -2.56. The lowest BCUT2D eigenvalue weighted by Crippen LogP contribution is -2.15. The van der Waals surface area contributed by atoms with Crippen molar-refractivity contribution < 1.29 is 4.42 Å². The van der Waals surface area contributed by atoms with Crippen molar-refractivity contribution in [2.45, 2.75) is 0 Å². The summed E-state index contributed by atoms with van der Waals surface area (Å²) in [5.41, 5.74) is 12.7. The quantitative estimate of drug-likeness (QED) is 0.471. The van der Waals surface area contributed by atoms with Crippen LogP contribution in [0.1, 0.15) is 11.1 Å². The first kappa shape index (κ1) is 10.9. The number of hydrogen-bond acceptors (Lipinski definition) is 3. The number of furan rings is 1. The molecule has 0 bridgehead atoms. The Kier molecular flexibility index (Phi) is 2.66. The fourth-order valence-electron chi connectivity index (χ4n) is 1.58. The first-order valence-corrected chi connectivity index (χ1v) is 4.96. The largest absolute Gasteiger partial charge is 0.464 e. The zero-order valence-corrected chi connectivity index (χ0v) is 9.03. The van der Waals surface area contributed by atoms with Crippen LogP contribution in [-0.2, 0) is 0 Å². The maximum atomic E-state index is 7.51. The van der Waals surface area contributed by atoms with Crippen LogP contribution in [-0.4, -0.2) is 11.7 Å². The fourth-order valence-corrected chi connectivity index (χ4v) is 1.58. The van der Waals surface area contributed by atoms with Gasteiger partial charge in [-0.15, -0.1) is 0 Å². The average Bonchev–Trinajstić information content (AvgIpc) is 2.81. The number of nitrogens with one attached hydrogen (secondary N) is 2. The summed E-state index contributed by atoms with van der Waals surface area (Å²) in [5.74, 6) is 0.512. The maximum absolute atomic E-state index is 7.51. The predicted octanol–water partition coefficient (Wildman–Crippen LogP) is 1.51. The number of benzene rings is 1. The van der Waals surface area contributed by atoms with Gasteiger partial charge in [0.25, 0.3) is 0 Å². The van der Waals surface area contributed by atoms with E-state index in [1.54, 1.807) is 36.6 Å².